The fourth-order valence-electron chi connectivity index (χ4n) is 3.91. The van der Waals surface area contributed by atoms with Crippen LogP contribution in [-0.4, -0.2) is 21.3 Å². The van der Waals surface area contributed by atoms with Gasteiger partial charge in [0.2, 0.25) is 6.20 Å². The molecule has 33 heavy (non-hydrogen) atoms. The van der Waals surface area contributed by atoms with Crippen LogP contribution in [-0.2, 0) is 16.9 Å². The van der Waals surface area contributed by atoms with Gasteiger partial charge >= 0.3 is 0 Å². The van der Waals surface area contributed by atoms with E-state index in [-0.39, 0.29) is 0 Å². The Balaban J connectivity index is 1.69. The summed E-state index contributed by atoms with van der Waals surface area (Å²) in [7, 11) is 0. The molecule has 0 unspecified atom stereocenters. The average Bonchev–Trinajstić information content (AvgIpc) is 3.21. The lowest BCUT2D eigenvalue weighted by Crippen LogP contribution is -2.34. The summed E-state index contributed by atoms with van der Waals surface area (Å²) in [6.07, 6.45) is 3.69. The Morgan fingerprint density at radius 3 is 1.85 bits per heavy atom. The van der Waals surface area contributed by atoms with Gasteiger partial charge in [-0.15, -0.1) is 0 Å². The maximum Gasteiger partial charge on any atom is 0.235 e. The van der Waals surface area contributed by atoms with E-state index in [1.165, 1.54) is 12.3 Å². The molecule has 166 valence electrons. The van der Waals surface area contributed by atoms with Crippen molar-refractivity contribution in [2.24, 2.45) is 0 Å². The number of aromatic nitrogens is 2. The van der Waals surface area contributed by atoms with Crippen LogP contribution in [0.5, 0.6) is 0 Å². The lowest BCUT2D eigenvalue weighted by Gasteiger charge is -2.36. The second-order valence-corrected chi connectivity index (χ2v) is 7.44. The van der Waals surface area contributed by atoms with Gasteiger partial charge in [-0.25, -0.2) is 4.68 Å². The predicted molar refractivity (Wildman–Crippen MR) is 128 cm³/mol. The molecule has 0 atom stereocenters. The van der Waals surface area contributed by atoms with Crippen molar-refractivity contribution in [2.45, 2.75) is 12.1 Å². The van der Waals surface area contributed by atoms with Crippen molar-refractivity contribution >= 4 is 11.9 Å². The number of benzene rings is 3. The van der Waals surface area contributed by atoms with Crippen molar-refractivity contribution < 1.29 is 9.66 Å². The van der Waals surface area contributed by atoms with E-state index >= 15 is 0 Å². The van der Waals surface area contributed by atoms with Crippen LogP contribution in [0.3, 0.4) is 0 Å². The SMILES string of the molecule is Nc1c(/C=C/[N+](=O)[O-])cnn1CCOC(c1ccccc1)(c1ccccc1)c1ccccc1. The van der Waals surface area contributed by atoms with Gasteiger partial charge in [-0.2, -0.15) is 5.10 Å². The normalized spacial score (nSPS) is 11.6. The molecule has 0 saturated carbocycles. The monoisotopic (exact) mass is 440 g/mol. The first-order valence-electron chi connectivity index (χ1n) is 10.5. The van der Waals surface area contributed by atoms with Crippen molar-refractivity contribution in [3.05, 3.63) is 136 Å². The van der Waals surface area contributed by atoms with Gasteiger partial charge in [0.1, 0.15) is 11.4 Å². The third-order valence-corrected chi connectivity index (χ3v) is 5.45. The quantitative estimate of drug-likeness (QED) is 0.231. The first-order valence-corrected chi connectivity index (χ1v) is 10.5. The zero-order valence-corrected chi connectivity index (χ0v) is 18.0. The summed E-state index contributed by atoms with van der Waals surface area (Å²) in [6.45, 7) is 0.690. The lowest BCUT2D eigenvalue weighted by atomic mass is 9.80. The van der Waals surface area contributed by atoms with Gasteiger partial charge in [0.25, 0.3) is 0 Å². The van der Waals surface area contributed by atoms with E-state index < -0.39 is 10.5 Å². The molecule has 0 amide bonds. The standard InChI is InChI=1S/C26H24N4O3/c27-25-21(16-17-30(31)32)20-28-29(25)18-19-33-26(22-10-4-1-5-11-22,23-12-6-2-7-13-23)24-14-8-3-9-15-24/h1-17,20H,18-19,27H2/b17-16+. The maximum atomic E-state index is 10.6. The third-order valence-electron chi connectivity index (χ3n) is 5.45. The van der Waals surface area contributed by atoms with Crippen LogP contribution >= 0.6 is 0 Å². The predicted octanol–water partition coefficient (Wildman–Crippen LogP) is 4.72. The molecule has 4 rings (SSSR count). The summed E-state index contributed by atoms with van der Waals surface area (Å²) in [5, 5.41) is 14.9. The maximum absolute atomic E-state index is 10.6. The first-order chi connectivity index (χ1) is 16.1. The smallest absolute Gasteiger partial charge is 0.235 e. The highest BCUT2D eigenvalue weighted by atomic mass is 16.6. The van der Waals surface area contributed by atoms with Crippen LogP contribution < -0.4 is 5.73 Å². The van der Waals surface area contributed by atoms with E-state index in [2.05, 4.69) is 41.5 Å². The summed E-state index contributed by atoms with van der Waals surface area (Å²) in [5.74, 6) is 0.349. The second kappa shape index (κ2) is 9.93. The number of hydrogen-bond acceptors (Lipinski definition) is 5. The highest BCUT2D eigenvalue weighted by Crippen LogP contribution is 2.40. The van der Waals surface area contributed by atoms with Crippen molar-refractivity contribution in [1.82, 2.24) is 9.78 Å². The summed E-state index contributed by atoms with van der Waals surface area (Å²) >= 11 is 0. The van der Waals surface area contributed by atoms with Crippen LogP contribution in [0.15, 0.2) is 103 Å². The molecule has 0 fully saturated rings. The molecule has 7 nitrogen and oxygen atoms in total. The summed E-state index contributed by atoms with van der Waals surface area (Å²) in [5.41, 5.74) is 8.82. The zero-order valence-electron chi connectivity index (χ0n) is 18.0. The molecular formula is C26H24N4O3. The molecule has 0 saturated heterocycles. The Kier molecular flexibility index (Phi) is 6.61. The fourth-order valence-corrected chi connectivity index (χ4v) is 3.91. The molecule has 7 heteroatoms. The third kappa shape index (κ3) is 4.68. The van der Waals surface area contributed by atoms with Crippen LogP contribution in [0, 0.1) is 10.1 Å². The van der Waals surface area contributed by atoms with E-state index in [1.807, 2.05) is 54.6 Å². The molecular weight excluding hydrogens is 416 g/mol. The first kappa shape index (κ1) is 22.0. The molecule has 0 aliphatic rings. The van der Waals surface area contributed by atoms with E-state index in [9.17, 15) is 10.1 Å². The minimum atomic E-state index is -0.833. The van der Waals surface area contributed by atoms with E-state index in [4.69, 9.17) is 10.5 Å². The Bertz CT molecular complexity index is 1130. The largest absolute Gasteiger partial charge is 0.383 e. The highest BCUT2D eigenvalue weighted by Gasteiger charge is 2.37. The Morgan fingerprint density at radius 1 is 0.909 bits per heavy atom. The van der Waals surface area contributed by atoms with Crippen LogP contribution in [0.4, 0.5) is 5.82 Å². The lowest BCUT2D eigenvalue weighted by molar-refractivity contribution is -0.400. The van der Waals surface area contributed by atoms with E-state index in [0.29, 0.717) is 24.5 Å². The molecule has 0 radical (unpaired) electrons. The molecule has 0 aliphatic carbocycles. The average molecular weight is 441 g/mol. The molecule has 0 bridgehead atoms. The van der Waals surface area contributed by atoms with Gasteiger partial charge in [-0.05, 0) is 16.7 Å². The van der Waals surface area contributed by atoms with Crippen LogP contribution in [0.1, 0.15) is 22.3 Å². The number of nitrogen functional groups attached to an aromatic ring is 1. The van der Waals surface area contributed by atoms with Gasteiger partial charge in [-0.1, -0.05) is 91.0 Å². The summed E-state index contributed by atoms with van der Waals surface area (Å²) < 4.78 is 8.30. The Labute approximate surface area is 191 Å². The topological polar surface area (TPSA) is 96.2 Å². The molecule has 1 heterocycles. The Hall–Kier alpha value is -4.23. The van der Waals surface area contributed by atoms with E-state index in [0.717, 1.165) is 22.9 Å². The van der Waals surface area contributed by atoms with Crippen LogP contribution in [0.2, 0.25) is 0 Å². The van der Waals surface area contributed by atoms with Crippen molar-refractivity contribution in [1.29, 1.82) is 0 Å². The number of nitro groups is 1. The second-order valence-electron chi connectivity index (χ2n) is 7.44. The number of hydrogen-bond donors (Lipinski definition) is 1. The van der Waals surface area contributed by atoms with Gasteiger partial charge < -0.3 is 10.5 Å². The molecule has 4 aromatic rings. The number of ether oxygens (including phenoxy) is 1. The molecule has 2 N–H and O–H groups in total. The fraction of sp³-hybridized carbons (Fsp3) is 0.115. The number of anilines is 1. The highest BCUT2D eigenvalue weighted by molar-refractivity contribution is 5.59. The van der Waals surface area contributed by atoms with Crippen molar-refractivity contribution in [3.63, 3.8) is 0 Å². The van der Waals surface area contributed by atoms with Gasteiger partial charge in [0.15, 0.2) is 0 Å². The van der Waals surface area contributed by atoms with Gasteiger partial charge in [0.05, 0.1) is 24.3 Å². The molecule has 0 aliphatic heterocycles. The number of rotatable bonds is 9. The van der Waals surface area contributed by atoms with Crippen molar-refractivity contribution in [2.75, 3.05) is 12.3 Å². The minimum absolute atomic E-state index is 0.308. The van der Waals surface area contributed by atoms with Crippen molar-refractivity contribution in [3.8, 4) is 0 Å². The Morgan fingerprint density at radius 2 is 1.39 bits per heavy atom. The number of nitrogens with zero attached hydrogens (tertiary/aromatic N) is 3. The molecule has 1 aromatic heterocycles. The number of nitrogens with two attached hydrogens (primary N) is 1. The molecule has 0 spiro atoms. The summed E-state index contributed by atoms with van der Waals surface area (Å²) in [4.78, 5) is 10.1. The van der Waals surface area contributed by atoms with Gasteiger partial charge in [-0.3, -0.25) is 10.1 Å². The van der Waals surface area contributed by atoms with E-state index in [1.54, 1.807) is 4.68 Å². The van der Waals surface area contributed by atoms with Crippen LogP contribution in [0.25, 0.3) is 6.08 Å². The molecule has 3 aromatic carbocycles. The van der Waals surface area contributed by atoms with Gasteiger partial charge in [0, 0.05) is 11.6 Å². The minimum Gasteiger partial charge on any atom is -0.383 e. The summed E-state index contributed by atoms with van der Waals surface area (Å²) in [6, 6.07) is 30.3. The zero-order chi connectivity index (χ0) is 23.1.